The molecule has 0 saturated heterocycles. The van der Waals surface area contributed by atoms with Gasteiger partial charge >= 0.3 is 0 Å². The van der Waals surface area contributed by atoms with Crippen molar-refractivity contribution in [3.63, 3.8) is 0 Å². The molecule has 0 saturated carbocycles. The van der Waals surface area contributed by atoms with Gasteiger partial charge in [-0.3, -0.25) is 9.59 Å². The molecule has 6 heteroatoms. The van der Waals surface area contributed by atoms with Crippen LogP contribution in [0.15, 0.2) is 58.1 Å². The third kappa shape index (κ3) is 5.48. The highest BCUT2D eigenvalue weighted by Gasteiger charge is 2.00. The van der Waals surface area contributed by atoms with Gasteiger partial charge in [0, 0.05) is 0 Å². The van der Waals surface area contributed by atoms with E-state index in [1.165, 1.54) is 0 Å². The first kappa shape index (κ1) is 20.2. The average Bonchev–Trinajstić information content (AvgIpc) is 2.68. The van der Waals surface area contributed by atoms with Crippen molar-refractivity contribution in [2.75, 3.05) is 6.61 Å². The molecule has 2 aromatic carbocycles. The summed E-state index contributed by atoms with van der Waals surface area (Å²) in [6.07, 6.45) is 3.33. The van der Waals surface area contributed by atoms with Crippen LogP contribution in [0, 0.1) is 0 Å². The smallest absolute Gasteiger partial charge is 0.272 e. The lowest BCUT2D eigenvalue weighted by atomic mass is 10.2. The fraction of sp³-hybridized carbons (Fsp3) is 0.217. The summed E-state index contributed by atoms with van der Waals surface area (Å²) in [4.78, 5) is 30.1. The van der Waals surface area contributed by atoms with Gasteiger partial charge in [0.1, 0.15) is 22.2 Å². The summed E-state index contributed by atoms with van der Waals surface area (Å²) in [6, 6.07) is 14.6. The van der Waals surface area contributed by atoms with Gasteiger partial charge in [-0.05, 0) is 68.3 Å². The molecule has 0 bridgehead atoms. The number of hydrogen-bond donors (Lipinski definition) is 2. The van der Waals surface area contributed by atoms with Crippen molar-refractivity contribution in [3.05, 3.63) is 91.1 Å². The van der Waals surface area contributed by atoms with E-state index in [-0.39, 0.29) is 27.9 Å². The maximum Gasteiger partial charge on any atom is 0.272 e. The lowest BCUT2D eigenvalue weighted by molar-refractivity contribution is 0.242. The number of hydrogen-bond acceptors (Lipinski definition) is 4. The Morgan fingerprint density at radius 1 is 0.793 bits per heavy atom. The van der Waals surface area contributed by atoms with Gasteiger partial charge < -0.3 is 19.4 Å². The molecule has 0 amide bonds. The van der Waals surface area contributed by atoms with Crippen molar-refractivity contribution in [1.29, 1.82) is 0 Å². The van der Waals surface area contributed by atoms with Gasteiger partial charge in [0.15, 0.2) is 0 Å². The molecule has 6 nitrogen and oxygen atoms in total. The van der Waals surface area contributed by atoms with Gasteiger partial charge in [-0.15, -0.1) is 0 Å². The highest BCUT2D eigenvalue weighted by atomic mass is 16.5. The van der Waals surface area contributed by atoms with Crippen LogP contribution in [0.5, 0.6) is 11.5 Å². The Labute approximate surface area is 168 Å². The fourth-order valence-corrected chi connectivity index (χ4v) is 2.77. The van der Waals surface area contributed by atoms with Crippen LogP contribution in [0.25, 0.3) is 12.2 Å². The topological polar surface area (TPSA) is 84.2 Å². The van der Waals surface area contributed by atoms with Crippen molar-refractivity contribution in [3.8, 4) is 11.5 Å². The summed E-state index contributed by atoms with van der Waals surface area (Å²) >= 11 is 0. The van der Waals surface area contributed by atoms with Crippen LogP contribution in [-0.4, -0.2) is 22.7 Å². The number of nitrogens with one attached hydrogen (secondary N) is 2. The number of H-pyrrole nitrogens is 2. The second kappa shape index (κ2) is 9.10. The predicted octanol–water partition coefficient (Wildman–Crippen LogP) is 1.91. The van der Waals surface area contributed by atoms with E-state index in [4.69, 9.17) is 9.47 Å². The van der Waals surface area contributed by atoms with Crippen LogP contribution in [0.1, 0.15) is 31.9 Å². The standard InChI is InChI=1S/C23H24N2O4/c1-4-28-18-9-5-16(6-10-18)13-20-22(26)25-21(23(27)24-20)14-17-7-11-19(12-8-17)29-15(2)3/h5-15H,4H2,1-3H3,(H,24,27)(H,25,26)/b20-13-,21-14-. The zero-order valence-corrected chi connectivity index (χ0v) is 16.7. The van der Waals surface area contributed by atoms with Gasteiger partial charge in [0.2, 0.25) is 0 Å². The molecule has 0 radical (unpaired) electrons. The van der Waals surface area contributed by atoms with E-state index in [9.17, 15) is 9.59 Å². The molecule has 3 aromatic rings. The second-order valence-corrected chi connectivity index (χ2v) is 6.76. The van der Waals surface area contributed by atoms with Gasteiger partial charge in [-0.1, -0.05) is 24.3 Å². The van der Waals surface area contributed by atoms with Crippen LogP contribution in [-0.2, 0) is 0 Å². The Bertz CT molecular complexity index is 1190. The van der Waals surface area contributed by atoms with Gasteiger partial charge in [0.25, 0.3) is 11.1 Å². The Morgan fingerprint density at radius 3 is 1.66 bits per heavy atom. The monoisotopic (exact) mass is 392 g/mol. The summed E-state index contributed by atoms with van der Waals surface area (Å²) in [5, 5.41) is 0.383. The zero-order valence-electron chi connectivity index (χ0n) is 16.7. The molecule has 2 N–H and O–H groups in total. The van der Waals surface area contributed by atoms with Crippen molar-refractivity contribution >= 4 is 12.2 Å². The fourth-order valence-electron chi connectivity index (χ4n) is 2.77. The van der Waals surface area contributed by atoms with Gasteiger partial charge in [0.05, 0.1) is 12.7 Å². The molecular weight excluding hydrogens is 368 g/mol. The van der Waals surface area contributed by atoms with E-state index < -0.39 is 0 Å². The summed E-state index contributed by atoms with van der Waals surface area (Å²) in [5.74, 6) is 1.50. The Hall–Kier alpha value is -3.54. The first-order valence-electron chi connectivity index (χ1n) is 9.50. The minimum Gasteiger partial charge on any atom is -0.494 e. The molecule has 0 atom stereocenters. The molecule has 29 heavy (non-hydrogen) atoms. The molecule has 0 aliphatic heterocycles. The number of aromatic amines is 2. The van der Waals surface area contributed by atoms with E-state index in [1.54, 1.807) is 12.2 Å². The zero-order chi connectivity index (χ0) is 20.8. The summed E-state index contributed by atoms with van der Waals surface area (Å²) in [7, 11) is 0. The van der Waals surface area contributed by atoms with E-state index in [0.717, 1.165) is 22.6 Å². The molecule has 0 spiro atoms. The molecular formula is C23H24N2O4. The largest absolute Gasteiger partial charge is 0.494 e. The minimum atomic E-state index is -0.371. The summed E-state index contributed by atoms with van der Waals surface area (Å²) in [5.41, 5.74) is 0.825. The third-order valence-electron chi connectivity index (χ3n) is 4.05. The number of ether oxygens (including phenoxy) is 2. The lowest BCUT2D eigenvalue weighted by Gasteiger charge is -2.09. The first-order valence-corrected chi connectivity index (χ1v) is 9.50. The van der Waals surface area contributed by atoms with Gasteiger partial charge in [-0.2, -0.15) is 0 Å². The summed E-state index contributed by atoms with van der Waals surface area (Å²) in [6.45, 7) is 6.41. The molecule has 0 unspecified atom stereocenters. The van der Waals surface area contributed by atoms with Crippen LogP contribution in [0.3, 0.4) is 0 Å². The van der Waals surface area contributed by atoms with Gasteiger partial charge in [-0.25, -0.2) is 0 Å². The lowest BCUT2D eigenvalue weighted by Crippen LogP contribution is -2.46. The maximum atomic E-state index is 12.4. The second-order valence-electron chi connectivity index (χ2n) is 6.76. The van der Waals surface area contributed by atoms with Crippen LogP contribution in [0.4, 0.5) is 0 Å². The summed E-state index contributed by atoms with van der Waals surface area (Å²) < 4.78 is 11.0. The maximum absolute atomic E-state index is 12.4. The van der Waals surface area contributed by atoms with Crippen LogP contribution >= 0.6 is 0 Å². The van der Waals surface area contributed by atoms with E-state index >= 15 is 0 Å². The first-order chi connectivity index (χ1) is 13.9. The average molecular weight is 392 g/mol. The van der Waals surface area contributed by atoms with E-state index in [0.29, 0.717) is 6.61 Å². The molecule has 3 rings (SSSR count). The van der Waals surface area contributed by atoms with Crippen molar-refractivity contribution in [2.24, 2.45) is 0 Å². The molecule has 1 heterocycles. The SMILES string of the molecule is CCOc1ccc(/C=c2\[nH]c(=O)/c(=C/c3ccc(OC(C)C)cc3)[nH]c2=O)cc1. The normalized spacial score (nSPS) is 12.4. The van der Waals surface area contributed by atoms with Crippen molar-refractivity contribution < 1.29 is 9.47 Å². The molecule has 0 aliphatic rings. The number of benzene rings is 2. The molecule has 0 fully saturated rings. The van der Waals surface area contributed by atoms with Crippen LogP contribution in [0.2, 0.25) is 0 Å². The Morgan fingerprint density at radius 2 is 1.24 bits per heavy atom. The Balaban J connectivity index is 1.92. The third-order valence-corrected chi connectivity index (χ3v) is 4.05. The van der Waals surface area contributed by atoms with Crippen molar-refractivity contribution in [1.82, 2.24) is 9.97 Å². The Kier molecular flexibility index (Phi) is 6.34. The van der Waals surface area contributed by atoms with Crippen LogP contribution < -0.4 is 31.3 Å². The molecule has 0 aliphatic carbocycles. The molecule has 1 aromatic heterocycles. The predicted molar refractivity (Wildman–Crippen MR) is 114 cm³/mol. The van der Waals surface area contributed by atoms with Crippen molar-refractivity contribution in [2.45, 2.75) is 26.9 Å². The highest BCUT2D eigenvalue weighted by molar-refractivity contribution is 5.51. The number of rotatable bonds is 6. The number of aromatic nitrogens is 2. The highest BCUT2D eigenvalue weighted by Crippen LogP contribution is 2.14. The minimum absolute atomic E-state index is 0.0863. The quantitative estimate of drug-likeness (QED) is 0.671. The molecule has 150 valence electrons. The van der Waals surface area contributed by atoms with E-state index in [2.05, 4.69) is 9.97 Å². The van der Waals surface area contributed by atoms with E-state index in [1.807, 2.05) is 69.3 Å².